The van der Waals surface area contributed by atoms with Crippen LogP contribution in [0.1, 0.15) is 6.92 Å². The molecular formula is C18H24N6OS3. The molecule has 1 aromatic carbocycles. The summed E-state index contributed by atoms with van der Waals surface area (Å²) < 4.78 is 14.5. The Balaban J connectivity index is 1.54. The Labute approximate surface area is 176 Å². The Bertz CT molecular complexity index is 946. The molecule has 0 bridgehead atoms. The molecule has 0 aliphatic rings. The molecule has 0 saturated heterocycles. The van der Waals surface area contributed by atoms with Gasteiger partial charge in [-0.2, -0.15) is 0 Å². The molecule has 2 heterocycles. The van der Waals surface area contributed by atoms with Gasteiger partial charge in [-0.3, -0.25) is 4.31 Å². The number of hydrogen-bond acceptors (Lipinski definition) is 8. The lowest BCUT2D eigenvalue weighted by Gasteiger charge is -2.14. The van der Waals surface area contributed by atoms with E-state index in [1.54, 1.807) is 33.7 Å². The molecule has 3 aromatic rings. The van der Waals surface area contributed by atoms with Gasteiger partial charge >= 0.3 is 0 Å². The van der Waals surface area contributed by atoms with Crippen molar-refractivity contribution in [2.45, 2.75) is 11.8 Å². The van der Waals surface area contributed by atoms with Crippen LogP contribution in [0.4, 0.5) is 16.8 Å². The summed E-state index contributed by atoms with van der Waals surface area (Å²) in [6.45, 7) is 3.72. The maximum Gasteiger partial charge on any atom is 0.222 e. The summed E-state index contributed by atoms with van der Waals surface area (Å²) in [5.74, 6) is 1.02. The fourth-order valence-electron chi connectivity index (χ4n) is 2.45. The first kappa shape index (κ1) is 20.8. The van der Waals surface area contributed by atoms with E-state index in [9.17, 15) is 4.21 Å². The van der Waals surface area contributed by atoms with Crippen LogP contribution in [0.2, 0.25) is 0 Å². The summed E-state index contributed by atoms with van der Waals surface area (Å²) in [5.41, 5.74) is 1.87. The van der Waals surface area contributed by atoms with Crippen LogP contribution >= 0.6 is 23.1 Å². The van der Waals surface area contributed by atoms with Gasteiger partial charge in [0, 0.05) is 43.7 Å². The van der Waals surface area contributed by atoms with Crippen LogP contribution in [-0.4, -0.2) is 51.8 Å². The zero-order valence-corrected chi connectivity index (χ0v) is 18.7. The molecule has 2 N–H and O–H groups in total. The number of nitrogens with one attached hydrogen (secondary N) is 2. The minimum Gasteiger partial charge on any atom is -0.361 e. The number of fused-ring (bicyclic) bond motifs is 1. The van der Waals surface area contributed by atoms with Gasteiger partial charge in [0.25, 0.3) is 0 Å². The number of aromatic nitrogens is 3. The number of benzene rings is 1. The van der Waals surface area contributed by atoms with Crippen LogP contribution < -0.4 is 14.9 Å². The molecule has 2 aromatic heterocycles. The highest BCUT2D eigenvalue weighted by molar-refractivity contribution is 7.98. The van der Waals surface area contributed by atoms with Crippen molar-refractivity contribution in [3.8, 4) is 0 Å². The van der Waals surface area contributed by atoms with E-state index >= 15 is 0 Å². The Kier molecular flexibility index (Phi) is 7.08. The third-order valence-electron chi connectivity index (χ3n) is 4.20. The molecule has 2 atom stereocenters. The van der Waals surface area contributed by atoms with E-state index in [1.165, 1.54) is 0 Å². The number of hydrogen-bond donors (Lipinski definition) is 2. The highest BCUT2D eigenvalue weighted by Gasteiger charge is 2.10. The number of anilines is 3. The summed E-state index contributed by atoms with van der Waals surface area (Å²) in [7, 11) is 0.780. The molecule has 0 aliphatic carbocycles. The lowest BCUT2D eigenvalue weighted by molar-refractivity contribution is 0.645. The Morgan fingerprint density at radius 3 is 2.64 bits per heavy atom. The largest absolute Gasteiger partial charge is 0.361 e. The molecule has 0 radical (unpaired) electrons. The minimum atomic E-state index is -1.04. The van der Waals surface area contributed by atoms with Crippen molar-refractivity contribution in [2.75, 3.05) is 47.6 Å². The number of nitrogens with zero attached hydrogens (tertiary/aromatic N) is 4. The van der Waals surface area contributed by atoms with E-state index in [0.29, 0.717) is 11.9 Å². The van der Waals surface area contributed by atoms with Crippen molar-refractivity contribution in [1.82, 2.24) is 15.0 Å². The standard InChI is InChI=1S/C18H24N6OS3/c1-12(8-19-17-20-10-14(26-3)11-21-17)9-22-18-23-15-6-5-13(7-16(15)27-18)24(2)28(4)25/h5-7,10-12H,8-9H2,1-4H3,(H,22,23)(H,19,20,21). The van der Waals surface area contributed by atoms with Crippen LogP contribution in [0, 0.1) is 5.92 Å². The smallest absolute Gasteiger partial charge is 0.222 e. The van der Waals surface area contributed by atoms with E-state index in [-0.39, 0.29) is 0 Å². The second-order valence-corrected chi connectivity index (χ2v) is 9.71. The zero-order valence-electron chi connectivity index (χ0n) is 16.3. The maximum absolute atomic E-state index is 11.7. The monoisotopic (exact) mass is 436 g/mol. The second-order valence-electron chi connectivity index (χ2n) is 6.41. The van der Waals surface area contributed by atoms with Crippen molar-refractivity contribution >= 4 is 61.1 Å². The van der Waals surface area contributed by atoms with Crippen molar-refractivity contribution in [3.63, 3.8) is 0 Å². The first-order valence-corrected chi connectivity index (χ1v) is 12.3. The van der Waals surface area contributed by atoms with Gasteiger partial charge in [0.1, 0.15) is 11.0 Å². The van der Waals surface area contributed by atoms with Gasteiger partial charge in [0.15, 0.2) is 5.13 Å². The Hall–Kier alpha value is -1.91. The molecule has 0 saturated carbocycles. The average molecular weight is 437 g/mol. The van der Waals surface area contributed by atoms with Crippen molar-refractivity contribution < 1.29 is 4.21 Å². The predicted molar refractivity (Wildman–Crippen MR) is 122 cm³/mol. The molecule has 0 aliphatic heterocycles. The molecule has 28 heavy (non-hydrogen) atoms. The first-order chi connectivity index (χ1) is 13.5. The van der Waals surface area contributed by atoms with Gasteiger partial charge in [0.05, 0.1) is 15.9 Å². The summed E-state index contributed by atoms with van der Waals surface area (Å²) in [6.07, 6.45) is 7.32. The molecular weight excluding hydrogens is 412 g/mol. The van der Waals surface area contributed by atoms with E-state index in [2.05, 4.69) is 32.5 Å². The molecule has 7 nitrogen and oxygen atoms in total. The maximum atomic E-state index is 11.7. The number of thioether (sulfide) groups is 1. The van der Waals surface area contributed by atoms with Gasteiger partial charge in [-0.15, -0.1) is 11.8 Å². The van der Waals surface area contributed by atoms with Crippen LogP contribution in [0.15, 0.2) is 35.5 Å². The normalized spacial score (nSPS) is 13.3. The number of thiazole rings is 1. The van der Waals surface area contributed by atoms with Gasteiger partial charge in [-0.1, -0.05) is 18.3 Å². The van der Waals surface area contributed by atoms with Gasteiger partial charge in [-0.05, 0) is 30.4 Å². The van der Waals surface area contributed by atoms with Crippen molar-refractivity contribution in [3.05, 3.63) is 30.6 Å². The fraction of sp³-hybridized carbons (Fsp3) is 0.389. The van der Waals surface area contributed by atoms with Crippen LogP contribution in [0.25, 0.3) is 10.2 Å². The van der Waals surface area contributed by atoms with Gasteiger partial charge in [0.2, 0.25) is 5.95 Å². The van der Waals surface area contributed by atoms with Crippen molar-refractivity contribution in [2.24, 2.45) is 5.92 Å². The number of rotatable bonds is 9. The molecule has 0 spiro atoms. The lowest BCUT2D eigenvalue weighted by atomic mass is 10.2. The molecule has 0 fully saturated rings. The predicted octanol–water partition coefficient (Wildman–Crippen LogP) is 3.70. The van der Waals surface area contributed by atoms with Crippen LogP contribution in [0.5, 0.6) is 0 Å². The Morgan fingerprint density at radius 2 is 1.96 bits per heavy atom. The zero-order chi connectivity index (χ0) is 20.1. The molecule has 150 valence electrons. The third-order valence-corrected chi connectivity index (χ3v) is 6.84. The minimum absolute atomic E-state index is 0.375. The van der Waals surface area contributed by atoms with Gasteiger partial charge in [-0.25, -0.2) is 19.2 Å². The molecule has 3 rings (SSSR count). The highest BCUT2D eigenvalue weighted by Crippen LogP contribution is 2.29. The van der Waals surface area contributed by atoms with E-state index in [4.69, 9.17) is 0 Å². The quantitative estimate of drug-likeness (QED) is 0.495. The van der Waals surface area contributed by atoms with E-state index < -0.39 is 11.0 Å². The van der Waals surface area contributed by atoms with Gasteiger partial charge < -0.3 is 10.6 Å². The Morgan fingerprint density at radius 1 is 1.25 bits per heavy atom. The van der Waals surface area contributed by atoms with E-state index in [1.807, 2.05) is 43.9 Å². The molecule has 2 unspecified atom stereocenters. The molecule has 10 heteroatoms. The fourth-order valence-corrected chi connectivity index (χ4v) is 4.08. The molecule has 0 amide bonds. The third kappa shape index (κ3) is 5.33. The first-order valence-electron chi connectivity index (χ1n) is 8.78. The highest BCUT2D eigenvalue weighted by atomic mass is 32.2. The average Bonchev–Trinajstić information content (AvgIpc) is 3.12. The summed E-state index contributed by atoms with van der Waals surface area (Å²) >= 11 is 3.23. The lowest BCUT2D eigenvalue weighted by Crippen LogP contribution is -2.20. The SMILES string of the molecule is CSc1cnc(NCC(C)CNc2nc3ccc(N(C)S(C)=O)cc3s2)nc1. The summed E-state index contributed by atoms with van der Waals surface area (Å²) in [5, 5.41) is 7.56. The van der Waals surface area contributed by atoms with Crippen LogP contribution in [-0.2, 0) is 11.0 Å². The second kappa shape index (κ2) is 9.53. The van der Waals surface area contributed by atoms with Crippen LogP contribution in [0.3, 0.4) is 0 Å². The van der Waals surface area contributed by atoms with E-state index in [0.717, 1.165) is 39.0 Å². The summed E-state index contributed by atoms with van der Waals surface area (Å²) in [6, 6.07) is 5.94. The topological polar surface area (TPSA) is 83.0 Å². The summed E-state index contributed by atoms with van der Waals surface area (Å²) in [4.78, 5) is 14.3. The van der Waals surface area contributed by atoms with Crippen molar-refractivity contribution in [1.29, 1.82) is 0 Å².